The van der Waals surface area contributed by atoms with Crippen molar-refractivity contribution in [2.75, 3.05) is 0 Å². The van der Waals surface area contributed by atoms with Crippen LogP contribution in [0.5, 0.6) is 11.5 Å². The molecule has 0 saturated heterocycles. The molecule has 0 aliphatic carbocycles. The number of hydrogen-bond donors (Lipinski definition) is 1. The molecular formula is C26H18Br2N2O2. The van der Waals surface area contributed by atoms with Crippen molar-refractivity contribution < 1.29 is 9.84 Å². The summed E-state index contributed by atoms with van der Waals surface area (Å²) < 4.78 is 8.28. The van der Waals surface area contributed by atoms with Crippen molar-refractivity contribution in [3.05, 3.63) is 104 Å². The minimum atomic E-state index is -0.524. The van der Waals surface area contributed by atoms with E-state index in [9.17, 15) is 5.11 Å². The molecule has 0 fully saturated rings. The lowest BCUT2D eigenvalue weighted by Crippen LogP contribution is -2.33. The zero-order valence-corrected chi connectivity index (χ0v) is 20.0. The first-order valence-corrected chi connectivity index (χ1v) is 11.9. The number of halogens is 2. The van der Waals surface area contributed by atoms with Gasteiger partial charge in [0.1, 0.15) is 11.5 Å². The minimum Gasteiger partial charge on any atom is -0.507 e. The molecule has 2 aliphatic rings. The van der Waals surface area contributed by atoms with Gasteiger partial charge in [-0.15, -0.1) is 0 Å². The van der Waals surface area contributed by atoms with Crippen molar-refractivity contribution in [2.45, 2.75) is 18.7 Å². The molecule has 4 aromatic carbocycles. The van der Waals surface area contributed by atoms with Gasteiger partial charge in [0.25, 0.3) is 0 Å². The first-order valence-electron chi connectivity index (χ1n) is 10.4. The molecule has 0 radical (unpaired) electrons. The Morgan fingerprint density at radius 3 is 2.44 bits per heavy atom. The van der Waals surface area contributed by atoms with Crippen LogP contribution in [0.15, 0.2) is 92.9 Å². The highest BCUT2D eigenvalue weighted by Gasteiger charge is 2.42. The predicted molar refractivity (Wildman–Crippen MR) is 133 cm³/mol. The van der Waals surface area contributed by atoms with E-state index in [2.05, 4.69) is 80.4 Å². The smallest absolute Gasteiger partial charge is 0.217 e. The fourth-order valence-corrected chi connectivity index (χ4v) is 5.29. The SMILES string of the molecule is Oc1ccc(Br)cc1C1Oc2ccc(Br)cc2C2CC(c3ccc4ccccc4c3)=NN21. The average Bonchev–Trinajstić information content (AvgIpc) is 3.26. The predicted octanol–water partition coefficient (Wildman–Crippen LogP) is 7.31. The normalized spacial score (nSPS) is 19.3. The summed E-state index contributed by atoms with van der Waals surface area (Å²) in [4.78, 5) is 0. The summed E-state index contributed by atoms with van der Waals surface area (Å²) in [5, 5.41) is 20.0. The van der Waals surface area contributed by atoms with Gasteiger partial charge in [-0.05, 0) is 58.8 Å². The topological polar surface area (TPSA) is 45.1 Å². The Balaban J connectivity index is 1.48. The summed E-state index contributed by atoms with van der Waals surface area (Å²) in [6.07, 6.45) is 0.236. The van der Waals surface area contributed by atoms with Crippen molar-refractivity contribution in [1.82, 2.24) is 5.01 Å². The molecule has 0 bridgehead atoms. The van der Waals surface area contributed by atoms with Gasteiger partial charge in [0.05, 0.1) is 17.3 Å². The molecule has 4 aromatic rings. The van der Waals surface area contributed by atoms with Crippen LogP contribution >= 0.6 is 31.9 Å². The van der Waals surface area contributed by atoms with Crippen LogP contribution in [-0.2, 0) is 0 Å². The van der Waals surface area contributed by atoms with Crippen molar-refractivity contribution in [2.24, 2.45) is 5.10 Å². The molecular weight excluding hydrogens is 532 g/mol. The van der Waals surface area contributed by atoms with E-state index >= 15 is 0 Å². The van der Waals surface area contributed by atoms with E-state index in [1.807, 2.05) is 29.3 Å². The van der Waals surface area contributed by atoms with Crippen molar-refractivity contribution in [1.29, 1.82) is 0 Å². The molecule has 32 heavy (non-hydrogen) atoms. The van der Waals surface area contributed by atoms with Gasteiger partial charge >= 0.3 is 0 Å². The van der Waals surface area contributed by atoms with E-state index in [0.29, 0.717) is 5.56 Å². The van der Waals surface area contributed by atoms with E-state index in [-0.39, 0.29) is 11.8 Å². The van der Waals surface area contributed by atoms with Gasteiger partial charge in [0.15, 0.2) is 0 Å². The lowest BCUT2D eigenvalue weighted by atomic mass is 9.95. The van der Waals surface area contributed by atoms with Gasteiger partial charge in [0, 0.05) is 20.9 Å². The van der Waals surface area contributed by atoms with Gasteiger partial charge in [-0.1, -0.05) is 68.3 Å². The van der Waals surface area contributed by atoms with Gasteiger partial charge in [-0.25, -0.2) is 5.01 Å². The summed E-state index contributed by atoms with van der Waals surface area (Å²) in [5.74, 6) is 1.00. The third kappa shape index (κ3) is 3.29. The van der Waals surface area contributed by atoms with Gasteiger partial charge in [-0.2, -0.15) is 5.10 Å². The fourth-order valence-electron chi connectivity index (χ4n) is 4.53. The van der Waals surface area contributed by atoms with Crippen LogP contribution in [0.1, 0.15) is 35.4 Å². The molecule has 4 nitrogen and oxygen atoms in total. The lowest BCUT2D eigenvalue weighted by Gasteiger charge is -2.38. The first kappa shape index (κ1) is 19.8. The number of nitrogens with zero attached hydrogens (tertiary/aromatic N) is 2. The van der Waals surface area contributed by atoms with E-state index in [1.54, 1.807) is 6.07 Å². The number of ether oxygens (including phenoxy) is 1. The third-order valence-electron chi connectivity index (χ3n) is 6.09. The van der Waals surface area contributed by atoms with Crippen LogP contribution in [0, 0.1) is 0 Å². The Morgan fingerprint density at radius 2 is 1.59 bits per heavy atom. The summed E-state index contributed by atoms with van der Waals surface area (Å²) in [7, 11) is 0. The highest BCUT2D eigenvalue weighted by atomic mass is 79.9. The zero-order valence-electron chi connectivity index (χ0n) is 16.9. The molecule has 0 aromatic heterocycles. The van der Waals surface area contributed by atoms with E-state index in [0.717, 1.165) is 38.0 Å². The van der Waals surface area contributed by atoms with Crippen LogP contribution in [0.3, 0.4) is 0 Å². The quantitative estimate of drug-likeness (QED) is 0.285. The monoisotopic (exact) mass is 548 g/mol. The van der Waals surface area contributed by atoms with E-state index in [4.69, 9.17) is 9.84 Å². The standard InChI is InChI=1S/C26H18Br2N2O2/c27-18-7-9-24(31)21(13-18)26-30-23(20-12-19(28)8-10-25(20)32-26)14-22(29-30)17-6-5-15-3-1-2-4-16(15)11-17/h1-13,23,26,31H,14H2. The second-order valence-electron chi connectivity index (χ2n) is 8.06. The van der Waals surface area contributed by atoms with Crippen LogP contribution in [0.2, 0.25) is 0 Å². The van der Waals surface area contributed by atoms with Crippen LogP contribution in [0.25, 0.3) is 10.8 Å². The maximum absolute atomic E-state index is 10.6. The van der Waals surface area contributed by atoms with Crippen LogP contribution in [-0.4, -0.2) is 15.8 Å². The number of phenols is 1. The van der Waals surface area contributed by atoms with Gasteiger partial charge < -0.3 is 9.84 Å². The summed E-state index contributed by atoms with van der Waals surface area (Å²) in [5.41, 5.74) is 3.88. The molecule has 1 N–H and O–H groups in total. The average molecular weight is 550 g/mol. The molecule has 2 heterocycles. The molecule has 0 amide bonds. The Kier molecular flexibility index (Phi) is 4.73. The second-order valence-corrected chi connectivity index (χ2v) is 9.90. The number of aromatic hydroxyl groups is 1. The number of hydrazone groups is 1. The summed E-state index contributed by atoms with van der Waals surface area (Å²) in [6.45, 7) is 0. The number of benzene rings is 4. The van der Waals surface area contributed by atoms with Crippen molar-refractivity contribution in [3.8, 4) is 11.5 Å². The minimum absolute atomic E-state index is 0.0149. The van der Waals surface area contributed by atoms with E-state index < -0.39 is 6.23 Å². The Morgan fingerprint density at radius 1 is 0.844 bits per heavy atom. The fraction of sp³-hybridized carbons (Fsp3) is 0.115. The number of hydrogen-bond acceptors (Lipinski definition) is 4. The molecule has 2 aliphatic heterocycles. The molecule has 0 spiro atoms. The molecule has 2 atom stereocenters. The molecule has 6 rings (SSSR count). The van der Waals surface area contributed by atoms with Crippen molar-refractivity contribution >= 4 is 48.3 Å². The maximum Gasteiger partial charge on any atom is 0.217 e. The molecule has 2 unspecified atom stereocenters. The number of rotatable bonds is 2. The van der Waals surface area contributed by atoms with Gasteiger partial charge in [-0.3, -0.25) is 0 Å². The second kappa shape index (κ2) is 7.64. The molecule has 6 heteroatoms. The Labute approximate surface area is 202 Å². The summed E-state index contributed by atoms with van der Waals surface area (Å²) >= 11 is 7.12. The van der Waals surface area contributed by atoms with Gasteiger partial charge in [0.2, 0.25) is 6.23 Å². The highest BCUT2D eigenvalue weighted by Crippen LogP contribution is 2.49. The van der Waals surface area contributed by atoms with Crippen LogP contribution in [0.4, 0.5) is 0 Å². The zero-order chi connectivity index (χ0) is 21.8. The first-order chi connectivity index (χ1) is 15.6. The Hall–Kier alpha value is -2.83. The van der Waals surface area contributed by atoms with Crippen LogP contribution < -0.4 is 4.74 Å². The lowest BCUT2D eigenvalue weighted by molar-refractivity contribution is -0.0204. The van der Waals surface area contributed by atoms with E-state index in [1.165, 1.54) is 10.8 Å². The van der Waals surface area contributed by atoms with Crippen molar-refractivity contribution in [3.63, 3.8) is 0 Å². The highest BCUT2D eigenvalue weighted by molar-refractivity contribution is 9.10. The summed E-state index contributed by atoms with van der Waals surface area (Å²) in [6, 6.07) is 26.3. The molecule has 0 saturated carbocycles. The maximum atomic E-state index is 10.6. The number of phenolic OH excluding ortho intramolecular Hbond substituents is 1. The largest absolute Gasteiger partial charge is 0.507 e. The third-order valence-corrected chi connectivity index (χ3v) is 7.08. The molecule has 158 valence electrons. The Bertz CT molecular complexity index is 1400. The number of fused-ring (bicyclic) bond motifs is 4.